The third kappa shape index (κ3) is 4.45. The first-order chi connectivity index (χ1) is 12.7. The second-order valence-corrected chi connectivity index (χ2v) is 6.01. The van der Waals surface area contributed by atoms with Crippen molar-refractivity contribution in [2.45, 2.75) is 6.92 Å². The summed E-state index contributed by atoms with van der Waals surface area (Å²) in [5.41, 5.74) is 1.06. The first-order valence-electron chi connectivity index (χ1n) is 8.80. The van der Waals surface area contributed by atoms with E-state index in [1.807, 2.05) is 31.2 Å². The van der Waals surface area contributed by atoms with Gasteiger partial charge in [-0.15, -0.1) is 0 Å². The maximum absolute atomic E-state index is 12.9. The van der Waals surface area contributed by atoms with Gasteiger partial charge in [-0.2, -0.15) is 0 Å². The lowest BCUT2D eigenvalue weighted by atomic mass is 10.2. The summed E-state index contributed by atoms with van der Waals surface area (Å²) in [4.78, 5) is 16.4. The standard InChI is InChI=1S/C20H23FN2O3/c1-2-25-19-6-4-3-5-18(19)22-11-13-23(14-12-22)20(24)15-26-17-9-7-16(21)8-10-17/h3-10H,2,11-15H2,1H3. The zero-order valence-electron chi connectivity index (χ0n) is 14.9. The second kappa shape index (κ2) is 8.56. The number of hydrogen-bond acceptors (Lipinski definition) is 4. The van der Waals surface area contributed by atoms with Gasteiger partial charge in [0, 0.05) is 26.2 Å². The molecule has 1 aliphatic heterocycles. The first kappa shape index (κ1) is 18.0. The number of benzene rings is 2. The van der Waals surface area contributed by atoms with Crippen LogP contribution in [0.2, 0.25) is 0 Å². The number of anilines is 1. The van der Waals surface area contributed by atoms with E-state index < -0.39 is 0 Å². The molecule has 2 aromatic rings. The van der Waals surface area contributed by atoms with Crippen LogP contribution in [0.25, 0.3) is 0 Å². The number of ether oxygens (including phenoxy) is 2. The monoisotopic (exact) mass is 358 g/mol. The summed E-state index contributed by atoms with van der Waals surface area (Å²) in [6.07, 6.45) is 0. The molecule has 6 heteroatoms. The number of hydrogen-bond donors (Lipinski definition) is 0. The van der Waals surface area contributed by atoms with Crippen LogP contribution in [-0.4, -0.2) is 50.2 Å². The Hall–Kier alpha value is -2.76. The predicted molar refractivity (Wildman–Crippen MR) is 98.3 cm³/mol. The van der Waals surface area contributed by atoms with Crippen molar-refractivity contribution >= 4 is 11.6 Å². The fourth-order valence-electron chi connectivity index (χ4n) is 2.96. The molecule has 0 spiro atoms. The van der Waals surface area contributed by atoms with Gasteiger partial charge in [-0.05, 0) is 43.3 Å². The van der Waals surface area contributed by atoms with Crippen molar-refractivity contribution in [2.24, 2.45) is 0 Å². The Morgan fingerprint density at radius 3 is 2.38 bits per heavy atom. The molecule has 0 radical (unpaired) electrons. The van der Waals surface area contributed by atoms with Crippen molar-refractivity contribution in [2.75, 3.05) is 44.3 Å². The quantitative estimate of drug-likeness (QED) is 0.796. The van der Waals surface area contributed by atoms with E-state index in [0.29, 0.717) is 25.4 Å². The van der Waals surface area contributed by atoms with Crippen LogP contribution < -0.4 is 14.4 Å². The number of piperazine rings is 1. The van der Waals surface area contributed by atoms with Gasteiger partial charge in [0.2, 0.25) is 0 Å². The highest BCUT2D eigenvalue weighted by Gasteiger charge is 2.23. The van der Waals surface area contributed by atoms with E-state index in [4.69, 9.17) is 9.47 Å². The number of amides is 1. The highest BCUT2D eigenvalue weighted by molar-refractivity contribution is 5.78. The fraction of sp³-hybridized carbons (Fsp3) is 0.350. The Bertz CT molecular complexity index is 728. The van der Waals surface area contributed by atoms with Crippen molar-refractivity contribution in [1.29, 1.82) is 0 Å². The molecule has 1 aliphatic rings. The molecule has 0 bridgehead atoms. The molecule has 1 amide bonds. The summed E-state index contributed by atoms with van der Waals surface area (Å²) in [7, 11) is 0. The Labute approximate surface area is 152 Å². The topological polar surface area (TPSA) is 42.0 Å². The minimum Gasteiger partial charge on any atom is -0.492 e. The molecule has 3 rings (SSSR count). The molecule has 0 saturated carbocycles. The number of rotatable bonds is 6. The Kier molecular flexibility index (Phi) is 5.94. The van der Waals surface area contributed by atoms with Gasteiger partial charge in [-0.1, -0.05) is 12.1 Å². The molecule has 1 heterocycles. The fourth-order valence-corrected chi connectivity index (χ4v) is 2.96. The third-order valence-corrected chi connectivity index (χ3v) is 4.31. The van der Waals surface area contributed by atoms with E-state index in [1.165, 1.54) is 24.3 Å². The van der Waals surface area contributed by atoms with Gasteiger partial charge in [0.05, 0.1) is 12.3 Å². The van der Waals surface area contributed by atoms with Crippen molar-refractivity contribution < 1.29 is 18.7 Å². The summed E-state index contributed by atoms with van der Waals surface area (Å²) in [6, 6.07) is 13.6. The molecule has 0 aliphatic carbocycles. The lowest BCUT2D eigenvalue weighted by Crippen LogP contribution is -2.50. The SMILES string of the molecule is CCOc1ccccc1N1CCN(C(=O)COc2ccc(F)cc2)CC1. The largest absolute Gasteiger partial charge is 0.492 e. The van der Waals surface area contributed by atoms with E-state index >= 15 is 0 Å². The normalized spacial score (nSPS) is 14.2. The minimum atomic E-state index is -0.327. The van der Waals surface area contributed by atoms with E-state index in [2.05, 4.69) is 4.90 Å². The van der Waals surface area contributed by atoms with E-state index in [1.54, 1.807) is 4.90 Å². The molecule has 0 unspecified atom stereocenters. The zero-order valence-corrected chi connectivity index (χ0v) is 14.9. The van der Waals surface area contributed by atoms with Crippen LogP contribution in [0, 0.1) is 5.82 Å². The molecule has 0 N–H and O–H groups in total. The molecule has 1 fully saturated rings. The van der Waals surface area contributed by atoms with Crippen LogP contribution in [0.1, 0.15) is 6.92 Å². The van der Waals surface area contributed by atoms with Gasteiger partial charge in [-0.25, -0.2) is 4.39 Å². The molecule has 1 saturated heterocycles. The molecule has 138 valence electrons. The maximum Gasteiger partial charge on any atom is 0.260 e. The summed E-state index contributed by atoms with van der Waals surface area (Å²) < 4.78 is 24.0. The maximum atomic E-state index is 12.9. The van der Waals surface area contributed by atoms with Crippen molar-refractivity contribution in [1.82, 2.24) is 4.90 Å². The average molecular weight is 358 g/mol. The smallest absolute Gasteiger partial charge is 0.260 e. The van der Waals surface area contributed by atoms with E-state index in [9.17, 15) is 9.18 Å². The predicted octanol–water partition coefficient (Wildman–Crippen LogP) is 2.95. The summed E-state index contributed by atoms with van der Waals surface area (Å²) in [5.74, 6) is 0.970. The van der Waals surface area contributed by atoms with Crippen LogP contribution in [0.3, 0.4) is 0 Å². The number of para-hydroxylation sites is 2. The molecular formula is C20H23FN2O3. The number of halogens is 1. The molecule has 2 aromatic carbocycles. The summed E-state index contributed by atoms with van der Waals surface area (Å²) >= 11 is 0. The molecular weight excluding hydrogens is 335 g/mol. The zero-order chi connectivity index (χ0) is 18.4. The van der Waals surface area contributed by atoms with Crippen molar-refractivity contribution in [3.63, 3.8) is 0 Å². The summed E-state index contributed by atoms with van der Waals surface area (Å²) in [5, 5.41) is 0. The minimum absolute atomic E-state index is 0.0405. The highest BCUT2D eigenvalue weighted by Crippen LogP contribution is 2.28. The third-order valence-electron chi connectivity index (χ3n) is 4.31. The Morgan fingerprint density at radius 1 is 1.00 bits per heavy atom. The molecule has 26 heavy (non-hydrogen) atoms. The first-order valence-corrected chi connectivity index (χ1v) is 8.80. The Morgan fingerprint density at radius 2 is 1.69 bits per heavy atom. The summed E-state index contributed by atoms with van der Waals surface area (Å²) in [6.45, 7) is 5.29. The van der Waals surface area contributed by atoms with Crippen molar-refractivity contribution in [3.8, 4) is 11.5 Å². The van der Waals surface area contributed by atoms with Crippen LogP contribution >= 0.6 is 0 Å². The van der Waals surface area contributed by atoms with Crippen LogP contribution in [0.4, 0.5) is 10.1 Å². The van der Waals surface area contributed by atoms with Gasteiger partial charge in [0.15, 0.2) is 6.61 Å². The van der Waals surface area contributed by atoms with Crippen molar-refractivity contribution in [3.05, 3.63) is 54.3 Å². The highest BCUT2D eigenvalue weighted by atomic mass is 19.1. The molecule has 0 atom stereocenters. The lowest BCUT2D eigenvalue weighted by molar-refractivity contribution is -0.133. The number of nitrogens with zero attached hydrogens (tertiary/aromatic N) is 2. The van der Waals surface area contributed by atoms with Gasteiger partial charge in [-0.3, -0.25) is 4.79 Å². The molecule has 0 aromatic heterocycles. The van der Waals surface area contributed by atoms with E-state index in [-0.39, 0.29) is 18.3 Å². The molecule has 5 nitrogen and oxygen atoms in total. The van der Waals surface area contributed by atoms with E-state index in [0.717, 1.165) is 24.5 Å². The van der Waals surface area contributed by atoms with Crippen LogP contribution in [-0.2, 0) is 4.79 Å². The van der Waals surface area contributed by atoms with Gasteiger partial charge in [0.1, 0.15) is 17.3 Å². The Balaban J connectivity index is 1.51. The van der Waals surface area contributed by atoms with Gasteiger partial charge >= 0.3 is 0 Å². The van der Waals surface area contributed by atoms with Crippen LogP contribution in [0.15, 0.2) is 48.5 Å². The second-order valence-electron chi connectivity index (χ2n) is 6.01. The number of carbonyl (C=O) groups excluding carboxylic acids is 1. The average Bonchev–Trinajstić information content (AvgIpc) is 2.68. The lowest BCUT2D eigenvalue weighted by Gasteiger charge is -2.36. The van der Waals surface area contributed by atoms with Gasteiger partial charge < -0.3 is 19.3 Å². The number of carbonyl (C=O) groups is 1. The van der Waals surface area contributed by atoms with Gasteiger partial charge in [0.25, 0.3) is 5.91 Å². The van der Waals surface area contributed by atoms with Crippen LogP contribution in [0.5, 0.6) is 11.5 Å².